The Balaban J connectivity index is 2.06. The SMILES string of the molecule is CC(C)CNCc1cncn1C(C)c1ccncc1. The van der Waals surface area contributed by atoms with E-state index >= 15 is 0 Å². The third kappa shape index (κ3) is 3.64. The standard InChI is InChI=1S/C15H22N4/c1-12(2)8-17-9-15-10-18-11-19(15)13(3)14-4-6-16-7-5-14/h4-7,10-13,17H,8-9H2,1-3H3. The normalized spacial score (nSPS) is 12.8. The minimum atomic E-state index is 0.279. The molecule has 2 aromatic rings. The second kappa shape index (κ2) is 6.48. The summed E-state index contributed by atoms with van der Waals surface area (Å²) in [6, 6.07) is 4.38. The Morgan fingerprint density at radius 3 is 2.58 bits per heavy atom. The quantitative estimate of drug-likeness (QED) is 0.866. The van der Waals surface area contributed by atoms with Crippen molar-refractivity contribution < 1.29 is 0 Å². The van der Waals surface area contributed by atoms with Crippen LogP contribution in [0.5, 0.6) is 0 Å². The molecule has 0 amide bonds. The van der Waals surface area contributed by atoms with Crippen LogP contribution in [0, 0.1) is 5.92 Å². The summed E-state index contributed by atoms with van der Waals surface area (Å²) in [4.78, 5) is 8.34. The summed E-state index contributed by atoms with van der Waals surface area (Å²) in [6.07, 6.45) is 7.50. The summed E-state index contributed by atoms with van der Waals surface area (Å²) in [7, 11) is 0. The molecule has 102 valence electrons. The van der Waals surface area contributed by atoms with E-state index in [1.807, 2.05) is 24.9 Å². The highest BCUT2D eigenvalue weighted by Crippen LogP contribution is 2.18. The minimum Gasteiger partial charge on any atom is -0.326 e. The fourth-order valence-corrected chi connectivity index (χ4v) is 2.11. The largest absolute Gasteiger partial charge is 0.326 e. The lowest BCUT2D eigenvalue weighted by Crippen LogP contribution is -2.21. The molecular formula is C15H22N4. The fourth-order valence-electron chi connectivity index (χ4n) is 2.11. The Morgan fingerprint density at radius 1 is 1.16 bits per heavy atom. The van der Waals surface area contributed by atoms with Gasteiger partial charge in [-0.3, -0.25) is 4.98 Å². The van der Waals surface area contributed by atoms with Crippen molar-refractivity contribution in [2.75, 3.05) is 6.54 Å². The van der Waals surface area contributed by atoms with Gasteiger partial charge in [0.2, 0.25) is 0 Å². The first kappa shape index (κ1) is 13.7. The second-order valence-corrected chi connectivity index (χ2v) is 5.27. The van der Waals surface area contributed by atoms with Gasteiger partial charge in [-0.05, 0) is 37.1 Å². The Labute approximate surface area is 114 Å². The van der Waals surface area contributed by atoms with Crippen molar-refractivity contribution in [3.8, 4) is 0 Å². The molecule has 0 fully saturated rings. The lowest BCUT2D eigenvalue weighted by Gasteiger charge is -2.17. The first-order chi connectivity index (χ1) is 9.18. The van der Waals surface area contributed by atoms with Crippen molar-refractivity contribution in [2.45, 2.75) is 33.4 Å². The van der Waals surface area contributed by atoms with Gasteiger partial charge in [-0.2, -0.15) is 0 Å². The van der Waals surface area contributed by atoms with E-state index in [0.29, 0.717) is 5.92 Å². The predicted molar refractivity (Wildman–Crippen MR) is 76.8 cm³/mol. The highest BCUT2D eigenvalue weighted by molar-refractivity contribution is 5.17. The monoisotopic (exact) mass is 258 g/mol. The molecule has 0 aliphatic carbocycles. The smallest absolute Gasteiger partial charge is 0.0954 e. The van der Waals surface area contributed by atoms with Crippen LogP contribution in [0.1, 0.15) is 38.1 Å². The van der Waals surface area contributed by atoms with Crippen LogP contribution in [-0.4, -0.2) is 21.1 Å². The molecule has 2 heterocycles. The molecule has 2 rings (SSSR count). The Bertz CT molecular complexity index is 490. The lowest BCUT2D eigenvalue weighted by atomic mass is 10.1. The third-order valence-corrected chi connectivity index (χ3v) is 3.21. The first-order valence-electron chi connectivity index (χ1n) is 6.80. The van der Waals surface area contributed by atoms with Gasteiger partial charge < -0.3 is 9.88 Å². The molecule has 0 saturated carbocycles. The topological polar surface area (TPSA) is 42.7 Å². The zero-order valence-corrected chi connectivity index (χ0v) is 11.9. The van der Waals surface area contributed by atoms with Gasteiger partial charge in [0.1, 0.15) is 0 Å². The average Bonchev–Trinajstić information content (AvgIpc) is 2.87. The van der Waals surface area contributed by atoms with Gasteiger partial charge in [-0.25, -0.2) is 4.98 Å². The van der Waals surface area contributed by atoms with E-state index in [2.05, 4.69) is 52.8 Å². The molecule has 19 heavy (non-hydrogen) atoms. The zero-order valence-electron chi connectivity index (χ0n) is 11.9. The maximum absolute atomic E-state index is 4.27. The molecule has 4 nitrogen and oxygen atoms in total. The molecule has 1 unspecified atom stereocenters. The van der Waals surface area contributed by atoms with Crippen LogP contribution >= 0.6 is 0 Å². The highest BCUT2D eigenvalue weighted by atomic mass is 15.1. The summed E-state index contributed by atoms with van der Waals surface area (Å²) in [5.74, 6) is 0.661. The molecule has 0 spiro atoms. The van der Waals surface area contributed by atoms with Crippen LogP contribution in [0.15, 0.2) is 37.1 Å². The number of nitrogens with zero attached hydrogens (tertiary/aromatic N) is 3. The summed E-state index contributed by atoms with van der Waals surface area (Å²) in [5, 5.41) is 3.46. The van der Waals surface area contributed by atoms with Gasteiger partial charge in [0, 0.05) is 25.1 Å². The van der Waals surface area contributed by atoms with E-state index in [-0.39, 0.29) is 6.04 Å². The van der Waals surface area contributed by atoms with E-state index in [4.69, 9.17) is 0 Å². The fraction of sp³-hybridized carbons (Fsp3) is 0.467. The van der Waals surface area contributed by atoms with Crippen LogP contribution in [0.2, 0.25) is 0 Å². The van der Waals surface area contributed by atoms with Gasteiger partial charge in [-0.1, -0.05) is 13.8 Å². The van der Waals surface area contributed by atoms with Gasteiger partial charge in [-0.15, -0.1) is 0 Å². The molecular weight excluding hydrogens is 236 g/mol. The third-order valence-electron chi connectivity index (χ3n) is 3.21. The molecule has 4 heteroatoms. The van der Waals surface area contributed by atoms with E-state index in [1.165, 1.54) is 11.3 Å². The highest BCUT2D eigenvalue weighted by Gasteiger charge is 2.11. The van der Waals surface area contributed by atoms with Gasteiger partial charge in [0.05, 0.1) is 18.1 Å². The summed E-state index contributed by atoms with van der Waals surface area (Å²) < 4.78 is 2.21. The number of imidazole rings is 1. The van der Waals surface area contributed by atoms with Crippen LogP contribution in [0.4, 0.5) is 0 Å². The van der Waals surface area contributed by atoms with Crippen LogP contribution in [0.25, 0.3) is 0 Å². The number of hydrogen-bond acceptors (Lipinski definition) is 3. The second-order valence-electron chi connectivity index (χ2n) is 5.27. The van der Waals surface area contributed by atoms with Crippen LogP contribution < -0.4 is 5.32 Å². The van der Waals surface area contributed by atoms with Gasteiger partial charge in [0.25, 0.3) is 0 Å². The minimum absolute atomic E-state index is 0.279. The lowest BCUT2D eigenvalue weighted by molar-refractivity contribution is 0.525. The number of nitrogens with one attached hydrogen (secondary N) is 1. The molecule has 0 aromatic carbocycles. The Kier molecular flexibility index (Phi) is 4.68. The summed E-state index contributed by atoms with van der Waals surface area (Å²) in [5.41, 5.74) is 2.46. The first-order valence-corrected chi connectivity index (χ1v) is 6.80. The molecule has 2 aromatic heterocycles. The number of aromatic nitrogens is 3. The van der Waals surface area contributed by atoms with Crippen molar-refractivity contribution in [1.82, 2.24) is 19.9 Å². The molecule has 1 atom stereocenters. The predicted octanol–water partition coefficient (Wildman–Crippen LogP) is 2.63. The number of rotatable bonds is 6. The number of hydrogen-bond donors (Lipinski definition) is 1. The van der Waals surface area contributed by atoms with Crippen LogP contribution in [-0.2, 0) is 6.54 Å². The van der Waals surface area contributed by atoms with E-state index in [0.717, 1.165) is 13.1 Å². The van der Waals surface area contributed by atoms with E-state index < -0.39 is 0 Å². The van der Waals surface area contributed by atoms with Crippen molar-refractivity contribution >= 4 is 0 Å². The van der Waals surface area contributed by atoms with Crippen LogP contribution in [0.3, 0.4) is 0 Å². The zero-order chi connectivity index (χ0) is 13.7. The van der Waals surface area contributed by atoms with Crippen molar-refractivity contribution in [3.05, 3.63) is 48.3 Å². The molecule has 0 radical (unpaired) electrons. The van der Waals surface area contributed by atoms with Crippen molar-refractivity contribution in [1.29, 1.82) is 0 Å². The molecule has 0 aliphatic rings. The molecule has 0 aliphatic heterocycles. The Hall–Kier alpha value is -1.68. The number of pyridine rings is 1. The molecule has 0 saturated heterocycles. The molecule has 0 bridgehead atoms. The van der Waals surface area contributed by atoms with Gasteiger partial charge >= 0.3 is 0 Å². The maximum Gasteiger partial charge on any atom is 0.0954 e. The molecule has 1 N–H and O–H groups in total. The maximum atomic E-state index is 4.27. The Morgan fingerprint density at radius 2 is 1.89 bits per heavy atom. The van der Waals surface area contributed by atoms with E-state index in [9.17, 15) is 0 Å². The summed E-state index contributed by atoms with van der Waals surface area (Å²) in [6.45, 7) is 8.49. The average molecular weight is 258 g/mol. The van der Waals surface area contributed by atoms with Crippen molar-refractivity contribution in [3.63, 3.8) is 0 Å². The summed E-state index contributed by atoms with van der Waals surface area (Å²) >= 11 is 0. The van der Waals surface area contributed by atoms with E-state index in [1.54, 1.807) is 0 Å². The van der Waals surface area contributed by atoms with Gasteiger partial charge in [0.15, 0.2) is 0 Å². The van der Waals surface area contributed by atoms with Crippen molar-refractivity contribution in [2.24, 2.45) is 5.92 Å².